The summed E-state index contributed by atoms with van der Waals surface area (Å²) < 4.78 is 0.906. The monoisotopic (exact) mass is 448 g/mol. The molecule has 0 N–H and O–H groups in total. The minimum atomic E-state index is -0.855. The molecule has 2 aliphatic heterocycles. The molecule has 3 aromatic carbocycles. The van der Waals surface area contributed by atoms with Gasteiger partial charge in [0.25, 0.3) is 5.91 Å². The van der Waals surface area contributed by atoms with Crippen LogP contribution in [0.25, 0.3) is 0 Å². The van der Waals surface area contributed by atoms with E-state index in [1.54, 1.807) is 17.2 Å². The summed E-state index contributed by atoms with van der Waals surface area (Å²) in [6.07, 6.45) is -0.855. The van der Waals surface area contributed by atoms with Crippen LogP contribution >= 0.6 is 15.9 Å². The second-order valence-corrected chi connectivity index (χ2v) is 7.98. The summed E-state index contributed by atoms with van der Waals surface area (Å²) in [7, 11) is 0. The third-order valence-corrected chi connectivity index (χ3v) is 5.82. The van der Waals surface area contributed by atoms with E-state index in [9.17, 15) is 9.59 Å². The number of carbonyl (C=O) groups is 2. The largest absolute Gasteiger partial charge is 0.273 e. The molecule has 0 radical (unpaired) electrons. The molecular formula is C23H17BrN2O3. The summed E-state index contributed by atoms with van der Waals surface area (Å²) in [5.74, 6) is -1.20. The van der Waals surface area contributed by atoms with Gasteiger partial charge in [-0.2, -0.15) is 0 Å². The van der Waals surface area contributed by atoms with E-state index in [1.165, 1.54) is 4.90 Å². The third kappa shape index (κ3) is 2.96. The zero-order valence-electron chi connectivity index (χ0n) is 15.3. The van der Waals surface area contributed by atoms with Crippen LogP contribution < -0.4 is 9.96 Å². The van der Waals surface area contributed by atoms with Crippen LogP contribution in [0.2, 0.25) is 0 Å². The summed E-state index contributed by atoms with van der Waals surface area (Å²) in [5.41, 5.74) is 2.28. The number of fused-ring (bicyclic) bond motifs is 1. The molecule has 5 nitrogen and oxygen atoms in total. The highest BCUT2D eigenvalue weighted by atomic mass is 79.9. The van der Waals surface area contributed by atoms with Crippen LogP contribution in [0.4, 0.5) is 11.4 Å². The average molecular weight is 449 g/mol. The first kappa shape index (κ1) is 18.1. The molecule has 6 heteroatoms. The van der Waals surface area contributed by atoms with Crippen LogP contribution in [0.5, 0.6) is 0 Å². The van der Waals surface area contributed by atoms with Crippen molar-refractivity contribution in [3.05, 3.63) is 95.0 Å². The van der Waals surface area contributed by atoms with E-state index >= 15 is 0 Å². The summed E-state index contributed by atoms with van der Waals surface area (Å²) >= 11 is 3.51. The highest BCUT2D eigenvalue weighted by Gasteiger charge is 2.60. The standard InChI is InChI=1S/C23H17BrN2O3/c24-16-9-7-8-15(14-16)20-19-21(29-26(20)18-12-5-2-6-13-18)23(28)25(22(19)27)17-10-3-1-4-11-17/h1-14,19-21H. The first-order chi connectivity index (χ1) is 14.1. The zero-order chi connectivity index (χ0) is 20.0. The summed E-state index contributed by atoms with van der Waals surface area (Å²) in [6.45, 7) is 0. The number of carbonyl (C=O) groups excluding carboxylic acids is 2. The van der Waals surface area contributed by atoms with E-state index in [-0.39, 0.29) is 11.8 Å². The van der Waals surface area contributed by atoms with Crippen molar-refractivity contribution < 1.29 is 14.4 Å². The number of rotatable bonds is 3. The van der Waals surface area contributed by atoms with Gasteiger partial charge in [0.2, 0.25) is 5.91 Å². The number of imide groups is 1. The van der Waals surface area contributed by atoms with Crippen molar-refractivity contribution in [1.29, 1.82) is 0 Å². The van der Waals surface area contributed by atoms with E-state index in [1.807, 2.05) is 72.8 Å². The first-order valence-corrected chi connectivity index (χ1v) is 10.1. The van der Waals surface area contributed by atoms with E-state index in [2.05, 4.69) is 15.9 Å². The maximum atomic E-state index is 13.4. The lowest BCUT2D eigenvalue weighted by atomic mass is 9.90. The van der Waals surface area contributed by atoms with Gasteiger partial charge in [0.1, 0.15) is 5.92 Å². The Morgan fingerprint density at radius 1 is 0.759 bits per heavy atom. The van der Waals surface area contributed by atoms with Crippen molar-refractivity contribution in [2.75, 3.05) is 9.96 Å². The molecule has 3 atom stereocenters. The van der Waals surface area contributed by atoms with Crippen molar-refractivity contribution >= 4 is 39.1 Å². The van der Waals surface area contributed by atoms with Gasteiger partial charge in [-0.05, 0) is 42.0 Å². The van der Waals surface area contributed by atoms with Crippen molar-refractivity contribution in [3.8, 4) is 0 Å². The van der Waals surface area contributed by atoms with Crippen LogP contribution in [-0.2, 0) is 14.4 Å². The van der Waals surface area contributed by atoms with E-state index < -0.39 is 18.1 Å². The fourth-order valence-corrected chi connectivity index (χ4v) is 4.49. The molecule has 144 valence electrons. The van der Waals surface area contributed by atoms with Crippen LogP contribution in [-0.4, -0.2) is 17.9 Å². The van der Waals surface area contributed by atoms with Crippen molar-refractivity contribution in [2.24, 2.45) is 5.92 Å². The molecule has 3 aromatic rings. The Balaban J connectivity index is 1.60. The summed E-state index contributed by atoms with van der Waals surface area (Å²) in [6, 6.07) is 25.9. The molecular weight excluding hydrogens is 432 g/mol. The van der Waals surface area contributed by atoms with Crippen LogP contribution in [0.3, 0.4) is 0 Å². The predicted molar refractivity (Wildman–Crippen MR) is 113 cm³/mol. The molecule has 0 saturated carbocycles. The smallest absolute Gasteiger partial charge is 0.266 e. The molecule has 3 unspecified atom stereocenters. The second-order valence-electron chi connectivity index (χ2n) is 7.06. The lowest BCUT2D eigenvalue weighted by molar-refractivity contribution is -0.126. The number of hydrogen-bond donors (Lipinski definition) is 0. The Bertz CT molecular complexity index is 1070. The molecule has 2 aliphatic rings. The number of anilines is 2. The maximum absolute atomic E-state index is 13.4. The number of para-hydroxylation sites is 2. The Kier molecular flexibility index (Phi) is 4.45. The van der Waals surface area contributed by atoms with Crippen LogP contribution in [0, 0.1) is 5.92 Å². The third-order valence-electron chi connectivity index (χ3n) is 5.33. The van der Waals surface area contributed by atoms with Gasteiger partial charge in [0, 0.05) is 4.47 Å². The maximum Gasteiger partial charge on any atom is 0.266 e. The number of benzene rings is 3. The first-order valence-electron chi connectivity index (χ1n) is 9.34. The highest BCUT2D eigenvalue weighted by molar-refractivity contribution is 9.10. The predicted octanol–water partition coefficient (Wildman–Crippen LogP) is 4.50. The highest BCUT2D eigenvalue weighted by Crippen LogP contribution is 2.47. The van der Waals surface area contributed by atoms with Gasteiger partial charge in [0.15, 0.2) is 6.10 Å². The molecule has 0 bridgehead atoms. The minimum absolute atomic E-state index is 0.241. The number of hydroxylamine groups is 1. The lowest BCUT2D eigenvalue weighted by Gasteiger charge is -2.28. The summed E-state index contributed by atoms with van der Waals surface area (Å²) in [5, 5.41) is 1.70. The lowest BCUT2D eigenvalue weighted by Crippen LogP contribution is -2.37. The molecule has 0 aliphatic carbocycles. The van der Waals surface area contributed by atoms with Gasteiger partial charge in [-0.1, -0.05) is 64.5 Å². The van der Waals surface area contributed by atoms with Crippen LogP contribution in [0.15, 0.2) is 89.4 Å². The van der Waals surface area contributed by atoms with E-state index in [0.29, 0.717) is 5.69 Å². The SMILES string of the molecule is O=C1C2ON(c3ccccc3)C(c3cccc(Br)c3)C2C(=O)N1c1ccccc1. The van der Waals surface area contributed by atoms with Gasteiger partial charge in [-0.15, -0.1) is 0 Å². The molecule has 0 aromatic heterocycles. The van der Waals surface area contributed by atoms with Gasteiger partial charge < -0.3 is 0 Å². The molecule has 5 rings (SSSR count). The molecule has 29 heavy (non-hydrogen) atoms. The van der Waals surface area contributed by atoms with Gasteiger partial charge in [0.05, 0.1) is 17.4 Å². The summed E-state index contributed by atoms with van der Waals surface area (Å²) in [4.78, 5) is 34.0. The average Bonchev–Trinajstić information content (AvgIpc) is 3.26. The minimum Gasteiger partial charge on any atom is -0.273 e. The number of halogens is 1. The topological polar surface area (TPSA) is 49.9 Å². The molecule has 2 amide bonds. The quantitative estimate of drug-likeness (QED) is 0.553. The molecule has 2 heterocycles. The number of hydrogen-bond acceptors (Lipinski definition) is 4. The Morgan fingerprint density at radius 2 is 1.41 bits per heavy atom. The van der Waals surface area contributed by atoms with Gasteiger partial charge in [-0.3, -0.25) is 14.4 Å². The normalized spacial score (nSPS) is 23.6. The van der Waals surface area contributed by atoms with Crippen molar-refractivity contribution in [3.63, 3.8) is 0 Å². The molecule has 2 saturated heterocycles. The fraction of sp³-hybridized carbons (Fsp3) is 0.130. The molecule has 2 fully saturated rings. The fourth-order valence-electron chi connectivity index (χ4n) is 4.07. The number of amides is 2. The Morgan fingerprint density at radius 3 is 2.07 bits per heavy atom. The molecule has 0 spiro atoms. The second kappa shape index (κ2) is 7.13. The Labute approximate surface area is 176 Å². The number of nitrogens with zero attached hydrogens (tertiary/aromatic N) is 2. The Hall–Kier alpha value is -2.96. The van der Waals surface area contributed by atoms with Gasteiger partial charge in [-0.25, -0.2) is 9.96 Å². The van der Waals surface area contributed by atoms with Crippen molar-refractivity contribution in [2.45, 2.75) is 12.1 Å². The zero-order valence-corrected chi connectivity index (χ0v) is 16.9. The van der Waals surface area contributed by atoms with Gasteiger partial charge >= 0.3 is 0 Å². The van der Waals surface area contributed by atoms with Crippen molar-refractivity contribution in [1.82, 2.24) is 0 Å². The van der Waals surface area contributed by atoms with E-state index in [4.69, 9.17) is 4.84 Å². The van der Waals surface area contributed by atoms with Crippen LogP contribution in [0.1, 0.15) is 11.6 Å². The van der Waals surface area contributed by atoms with E-state index in [0.717, 1.165) is 15.7 Å².